The van der Waals surface area contributed by atoms with Crippen LogP contribution in [0.4, 0.5) is 0 Å². The molecule has 0 spiro atoms. The van der Waals surface area contributed by atoms with E-state index in [1.165, 1.54) is 6.40 Å². The molecule has 2 heteroatoms. The van der Waals surface area contributed by atoms with Gasteiger partial charge in [-0.25, -0.2) is 0 Å². The average molecular weight is 163 g/mol. The van der Waals surface area contributed by atoms with Crippen LogP contribution in [0.1, 0.15) is 11.1 Å². The molecule has 1 aromatic carbocycles. The number of nitrogens with zero attached hydrogens (tertiary/aromatic N) is 1. The maximum Gasteiger partial charge on any atom is 0.176 e. The normalized spacial score (nSPS) is 10.6. The molecular weight excluding hydrogens is 150 g/mol. The van der Waals surface area contributed by atoms with Crippen molar-refractivity contribution in [3.63, 3.8) is 0 Å². The first kappa shape index (κ1) is 8.78. The smallest absolute Gasteiger partial charge is 0.176 e. The average Bonchev–Trinajstić information content (AvgIpc) is 2.04. The van der Waals surface area contributed by atoms with Crippen molar-refractivity contribution in [3.8, 4) is 5.75 Å². The van der Waals surface area contributed by atoms with Crippen molar-refractivity contribution >= 4 is 6.40 Å². The van der Waals surface area contributed by atoms with Crippen LogP contribution in [0.15, 0.2) is 23.2 Å². The number of aryl methyl sites for hydroxylation is 2. The molecule has 0 aliphatic carbocycles. The molecule has 1 rings (SSSR count). The Morgan fingerprint density at radius 3 is 2.33 bits per heavy atom. The molecule has 0 radical (unpaired) electrons. The molecule has 64 valence electrons. The SMILES string of the molecule is CN=COc1c(C)cccc1C. The molecule has 12 heavy (non-hydrogen) atoms. The van der Waals surface area contributed by atoms with E-state index in [9.17, 15) is 0 Å². The van der Waals surface area contributed by atoms with Crippen LogP contribution in [0.3, 0.4) is 0 Å². The van der Waals surface area contributed by atoms with Gasteiger partial charge >= 0.3 is 0 Å². The molecule has 0 bridgehead atoms. The van der Waals surface area contributed by atoms with Gasteiger partial charge in [-0.15, -0.1) is 0 Å². The van der Waals surface area contributed by atoms with E-state index in [4.69, 9.17) is 4.74 Å². The Morgan fingerprint density at radius 2 is 1.83 bits per heavy atom. The van der Waals surface area contributed by atoms with Crippen molar-refractivity contribution in [2.75, 3.05) is 7.05 Å². The molecule has 0 aliphatic heterocycles. The van der Waals surface area contributed by atoms with Crippen molar-refractivity contribution in [1.82, 2.24) is 0 Å². The Morgan fingerprint density at radius 1 is 1.25 bits per heavy atom. The van der Waals surface area contributed by atoms with E-state index in [0.29, 0.717) is 0 Å². The molecule has 0 heterocycles. The summed E-state index contributed by atoms with van der Waals surface area (Å²) < 4.78 is 5.33. The fourth-order valence-corrected chi connectivity index (χ4v) is 1.09. The predicted octanol–water partition coefficient (Wildman–Crippen LogP) is 2.34. The number of rotatable bonds is 2. The van der Waals surface area contributed by atoms with E-state index in [-0.39, 0.29) is 0 Å². The van der Waals surface area contributed by atoms with Crippen LogP contribution < -0.4 is 4.74 Å². The molecular formula is C10H13NO. The van der Waals surface area contributed by atoms with Crippen molar-refractivity contribution in [2.45, 2.75) is 13.8 Å². The van der Waals surface area contributed by atoms with Crippen LogP contribution >= 0.6 is 0 Å². The molecule has 0 N–H and O–H groups in total. The first-order valence-electron chi connectivity index (χ1n) is 3.89. The molecule has 0 saturated carbocycles. The zero-order chi connectivity index (χ0) is 8.97. The Balaban J connectivity index is 2.96. The van der Waals surface area contributed by atoms with E-state index in [2.05, 4.69) is 4.99 Å². The van der Waals surface area contributed by atoms with Gasteiger partial charge in [0.1, 0.15) is 5.75 Å². The number of ether oxygens (including phenoxy) is 1. The molecule has 0 unspecified atom stereocenters. The zero-order valence-electron chi connectivity index (χ0n) is 7.66. The molecule has 0 aromatic heterocycles. The van der Waals surface area contributed by atoms with E-state index in [0.717, 1.165) is 16.9 Å². The molecule has 0 saturated heterocycles. The summed E-state index contributed by atoms with van der Waals surface area (Å²) in [6.45, 7) is 4.04. The first-order valence-corrected chi connectivity index (χ1v) is 3.89. The van der Waals surface area contributed by atoms with Gasteiger partial charge in [-0.2, -0.15) is 0 Å². The van der Waals surface area contributed by atoms with Crippen LogP contribution in [-0.2, 0) is 0 Å². The van der Waals surface area contributed by atoms with Crippen molar-refractivity contribution in [1.29, 1.82) is 0 Å². The zero-order valence-corrected chi connectivity index (χ0v) is 7.66. The second-order valence-electron chi connectivity index (χ2n) is 2.70. The largest absolute Gasteiger partial charge is 0.446 e. The van der Waals surface area contributed by atoms with Gasteiger partial charge in [-0.3, -0.25) is 4.99 Å². The summed E-state index contributed by atoms with van der Waals surface area (Å²) in [5.74, 6) is 0.906. The van der Waals surface area contributed by atoms with Gasteiger partial charge in [0.25, 0.3) is 0 Å². The van der Waals surface area contributed by atoms with E-state index in [1.807, 2.05) is 32.0 Å². The molecule has 0 amide bonds. The molecule has 1 aromatic rings. The summed E-state index contributed by atoms with van der Waals surface area (Å²) in [6, 6.07) is 6.05. The van der Waals surface area contributed by atoms with Gasteiger partial charge in [-0.1, -0.05) is 18.2 Å². The van der Waals surface area contributed by atoms with Crippen molar-refractivity contribution < 1.29 is 4.74 Å². The van der Waals surface area contributed by atoms with Crippen LogP contribution in [0.25, 0.3) is 0 Å². The summed E-state index contributed by atoms with van der Waals surface area (Å²) in [4.78, 5) is 3.77. The van der Waals surface area contributed by atoms with Crippen LogP contribution in [-0.4, -0.2) is 13.4 Å². The number of aliphatic imine (C=N–C) groups is 1. The third kappa shape index (κ3) is 1.84. The summed E-state index contributed by atoms with van der Waals surface area (Å²) in [7, 11) is 1.69. The minimum Gasteiger partial charge on any atom is -0.446 e. The summed E-state index contributed by atoms with van der Waals surface area (Å²) >= 11 is 0. The van der Waals surface area contributed by atoms with E-state index >= 15 is 0 Å². The summed E-state index contributed by atoms with van der Waals surface area (Å²) in [5.41, 5.74) is 2.27. The lowest BCUT2D eigenvalue weighted by Crippen LogP contribution is -1.94. The number of para-hydroxylation sites is 1. The van der Waals surface area contributed by atoms with Crippen molar-refractivity contribution in [3.05, 3.63) is 29.3 Å². The van der Waals surface area contributed by atoms with E-state index < -0.39 is 0 Å². The third-order valence-corrected chi connectivity index (χ3v) is 1.68. The highest BCUT2D eigenvalue weighted by atomic mass is 16.5. The molecule has 2 nitrogen and oxygen atoms in total. The van der Waals surface area contributed by atoms with Gasteiger partial charge in [0.05, 0.1) is 0 Å². The maximum absolute atomic E-state index is 5.33. The Hall–Kier alpha value is -1.31. The molecule has 0 aliphatic rings. The highest BCUT2D eigenvalue weighted by molar-refractivity contribution is 5.55. The van der Waals surface area contributed by atoms with E-state index in [1.54, 1.807) is 7.05 Å². The Kier molecular flexibility index (Phi) is 2.86. The van der Waals surface area contributed by atoms with Gasteiger partial charge in [-0.05, 0) is 25.0 Å². The second-order valence-corrected chi connectivity index (χ2v) is 2.70. The van der Waals surface area contributed by atoms with Crippen LogP contribution in [0, 0.1) is 13.8 Å². The fourth-order valence-electron chi connectivity index (χ4n) is 1.09. The molecule has 0 fully saturated rings. The quantitative estimate of drug-likeness (QED) is 0.484. The lowest BCUT2D eigenvalue weighted by molar-refractivity contribution is 0.563. The van der Waals surface area contributed by atoms with Gasteiger partial charge in [0.2, 0.25) is 0 Å². The van der Waals surface area contributed by atoms with Gasteiger partial charge in [0.15, 0.2) is 6.40 Å². The van der Waals surface area contributed by atoms with Gasteiger partial charge < -0.3 is 4.74 Å². The highest BCUT2D eigenvalue weighted by Crippen LogP contribution is 2.21. The van der Waals surface area contributed by atoms with Crippen LogP contribution in [0.5, 0.6) is 5.75 Å². The first-order chi connectivity index (χ1) is 5.75. The van der Waals surface area contributed by atoms with Gasteiger partial charge in [0, 0.05) is 7.05 Å². The highest BCUT2D eigenvalue weighted by Gasteiger charge is 2.00. The fraction of sp³-hybridized carbons (Fsp3) is 0.300. The summed E-state index contributed by atoms with van der Waals surface area (Å²) in [6.07, 6.45) is 1.45. The minimum absolute atomic E-state index is 0.906. The minimum atomic E-state index is 0.906. The predicted molar refractivity (Wildman–Crippen MR) is 51.0 cm³/mol. The lowest BCUT2D eigenvalue weighted by Gasteiger charge is -2.06. The molecule has 0 atom stereocenters. The maximum atomic E-state index is 5.33. The number of hydrogen-bond donors (Lipinski definition) is 0. The Labute approximate surface area is 72.9 Å². The monoisotopic (exact) mass is 163 g/mol. The third-order valence-electron chi connectivity index (χ3n) is 1.68. The number of hydrogen-bond acceptors (Lipinski definition) is 2. The standard InChI is InChI=1S/C10H13NO/c1-8-5-4-6-9(2)10(8)12-7-11-3/h4-7H,1-3H3. The lowest BCUT2D eigenvalue weighted by atomic mass is 10.1. The second kappa shape index (κ2) is 3.90. The van der Waals surface area contributed by atoms with Crippen molar-refractivity contribution in [2.24, 2.45) is 4.99 Å². The number of benzene rings is 1. The summed E-state index contributed by atoms with van der Waals surface area (Å²) in [5, 5.41) is 0. The Bertz CT molecular complexity index is 272. The van der Waals surface area contributed by atoms with Crippen LogP contribution in [0.2, 0.25) is 0 Å². The topological polar surface area (TPSA) is 21.6 Å².